The van der Waals surface area contributed by atoms with Crippen molar-refractivity contribution in [3.63, 3.8) is 0 Å². The Morgan fingerprint density at radius 2 is 1.87 bits per heavy atom. The number of aliphatic hydroxyl groups excluding tert-OH is 1. The average molecular weight is 204 g/mol. The first kappa shape index (κ1) is 11.5. The molecule has 0 spiro atoms. The van der Waals surface area contributed by atoms with Crippen molar-refractivity contribution in [2.75, 3.05) is 7.11 Å². The molecule has 0 saturated carbocycles. The normalized spacial score (nSPS) is 13.5. The third-order valence-corrected chi connectivity index (χ3v) is 1.91. The van der Waals surface area contributed by atoms with Gasteiger partial charge in [0, 0.05) is 0 Å². The van der Waals surface area contributed by atoms with E-state index >= 15 is 0 Å². The molecule has 0 aliphatic rings. The molecule has 2 heteroatoms. The SMILES string of the molecule is COc1ccc(/C=C/C=C/[C@H](C)O)cc1. The van der Waals surface area contributed by atoms with Crippen LogP contribution in [0.3, 0.4) is 0 Å². The van der Waals surface area contributed by atoms with Crippen LogP contribution in [-0.2, 0) is 0 Å². The van der Waals surface area contributed by atoms with Gasteiger partial charge in [-0.05, 0) is 24.6 Å². The van der Waals surface area contributed by atoms with Crippen LogP contribution in [0.5, 0.6) is 5.75 Å². The zero-order valence-corrected chi connectivity index (χ0v) is 9.05. The Bertz CT molecular complexity index is 334. The van der Waals surface area contributed by atoms with Crippen LogP contribution in [0.2, 0.25) is 0 Å². The lowest BCUT2D eigenvalue weighted by atomic mass is 10.2. The van der Waals surface area contributed by atoms with Gasteiger partial charge in [0.25, 0.3) is 0 Å². The molecule has 0 amide bonds. The Morgan fingerprint density at radius 1 is 1.20 bits per heavy atom. The fourth-order valence-electron chi connectivity index (χ4n) is 1.11. The lowest BCUT2D eigenvalue weighted by Crippen LogP contribution is -1.90. The van der Waals surface area contributed by atoms with E-state index in [-0.39, 0.29) is 0 Å². The lowest BCUT2D eigenvalue weighted by Gasteiger charge is -1.98. The number of ether oxygens (including phenoxy) is 1. The van der Waals surface area contributed by atoms with Crippen molar-refractivity contribution in [1.29, 1.82) is 0 Å². The van der Waals surface area contributed by atoms with Gasteiger partial charge in [0.05, 0.1) is 13.2 Å². The Morgan fingerprint density at radius 3 is 2.40 bits per heavy atom. The number of allylic oxidation sites excluding steroid dienone is 2. The van der Waals surface area contributed by atoms with Gasteiger partial charge >= 0.3 is 0 Å². The summed E-state index contributed by atoms with van der Waals surface area (Å²) in [5.74, 6) is 0.853. The fourth-order valence-corrected chi connectivity index (χ4v) is 1.11. The molecule has 1 aromatic rings. The Kier molecular flexibility index (Phi) is 4.64. The largest absolute Gasteiger partial charge is 0.497 e. The summed E-state index contributed by atoms with van der Waals surface area (Å²) in [5, 5.41) is 8.98. The van der Waals surface area contributed by atoms with Gasteiger partial charge in [-0.15, -0.1) is 0 Å². The van der Waals surface area contributed by atoms with Crippen LogP contribution in [0.1, 0.15) is 12.5 Å². The summed E-state index contributed by atoms with van der Waals surface area (Å²) in [6.45, 7) is 1.72. The van der Waals surface area contributed by atoms with Crippen LogP contribution in [0, 0.1) is 0 Å². The van der Waals surface area contributed by atoms with E-state index in [4.69, 9.17) is 9.84 Å². The van der Waals surface area contributed by atoms with Crippen molar-refractivity contribution < 1.29 is 9.84 Å². The highest BCUT2D eigenvalue weighted by Crippen LogP contribution is 2.12. The number of methoxy groups -OCH3 is 1. The molecule has 0 aromatic heterocycles. The molecule has 0 aliphatic carbocycles. The third-order valence-electron chi connectivity index (χ3n) is 1.91. The van der Waals surface area contributed by atoms with Crippen LogP contribution in [0.15, 0.2) is 42.5 Å². The van der Waals surface area contributed by atoms with Gasteiger partial charge in [0.15, 0.2) is 0 Å². The summed E-state index contributed by atoms with van der Waals surface area (Å²) in [6.07, 6.45) is 7.02. The topological polar surface area (TPSA) is 29.5 Å². The van der Waals surface area contributed by atoms with E-state index in [0.717, 1.165) is 11.3 Å². The first-order valence-electron chi connectivity index (χ1n) is 4.89. The van der Waals surface area contributed by atoms with E-state index in [0.29, 0.717) is 0 Å². The summed E-state index contributed by atoms with van der Waals surface area (Å²) < 4.78 is 5.06. The molecule has 0 fully saturated rings. The van der Waals surface area contributed by atoms with Gasteiger partial charge in [-0.3, -0.25) is 0 Å². The molecule has 1 atom stereocenters. The molecule has 15 heavy (non-hydrogen) atoms. The number of rotatable bonds is 4. The van der Waals surface area contributed by atoms with E-state index in [1.807, 2.05) is 42.5 Å². The Balaban J connectivity index is 2.57. The molecule has 0 heterocycles. The molecule has 80 valence electrons. The van der Waals surface area contributed by atoms with Gasteiger partial charge in [0.2, 0.25) is 0 Å². The van der Waals surface area contributed by atoms with Crippen LogP contribution in [-0.4, -0.2) is 18.3 Å². The quantitative estimate of drug-likeness (QED) is 0.764. The lowest BCUT2D eigenvalue weighted by molar-refractivity contribution is 0.244. The molecule has 2 nitrogen and oxygen atoms in total. The first-order chi connectivity index (χ1) is 7.22. The molecule has 0 unspecified atom stereocenters. The molecular weight excluding hydrogens is 188 g/mol. The number of benzene rings is 1. The van der Waals surface area contributed by atoms with E-state index in [1.165, 1.54) is 0 Å². The minimum absolute atomic E-state index is 0.398. The van der Waals surface area contributed by atoms with E-state index in [2.05, 4.69) is 0 Å². The van der Waals surface area contributed by atoms with Gasteiger partial charge in [-0.2, -0.15) is 0 Å². The van der Waals surface area contributed by atoms with Crippen molar-refractivity contribution in [3.8, 4) is 5.75 Å². The second-order valence-corrected chi connectivity index (χ2v) is 3.26. The van der Waals surface area contributed by atoms with Gasteiger partial charge in [-0.25, -0.2) is 0 Å². The van der Waals surface area contributed by atoms with Crippen LogP contribution in [0.4, 0.5) is 0 Å². The van der Waals surface area contributed by atoms with Crippen molar-refractivity contribution >= 4 is 6.08 Å². The van der Waals surface area contributed by atoms with Gasteiger partial charge < -0.3 is 9.84 Å². The molecule has 1 N–H and O–H groups in total. The number of hydrogen-bond acceptors (Lipinski definition) is 2. The summed E-state index contributed by atoms with van der Waals surface area (Å²) in [7, 11) is 1.65. The standard InChI is InChI=1S/C13H16O2/c1-11(14)5-3-4-6-12-7-9-13(15-2)10-8-12/h3-11,14H,1-2H3/b5-3+,6-4+/t11-/m0/s1. The highest BCUT2D eigenvalue weighted by atomic mass is 16.5. The molecule has 0 saturated heterocycles. The maximum absolute atomic E-state index is 8.98. The van der Waals surface area contributed by atoms with Gasteiger partial charge in [0.1, 0.15) is 5.75 Å². The van der Waals surface area contributed by atoms with Crippen LogP contribution < -0.4 is 4.74 Å². The monoisotopic (exact) mass is 204 g/mol. The van der Waals surface area contributed by atoms with Crippen molar-refractivity contribution in [3.05, 3.63) is 48.1 Å². The zero-order valence-electron chi connectivity index (χ0n) is 9.05. The van der Waals surface area contributed by atoms with Crippen LogP contribution >= 0.6 is 0 Å². The number of aliphatic hydroxyl groups is 1. The minimum Gasteiger partial charge on any atom is -0.497 e. The van der Waals surface area contributed by atoms with E-state index < -0.39 is 6.10 Å². The minimum atomic E-state index is -0.398. The molecule has 0 radical (unpaired) electrons. The maximum atomic E-state index is 8.98. The fraction of sp³-hybridized carbons (Fsp3) is 0.231. The highest BCUT2D eigenvalue weighted by molar-refractivity contribution is 5.52. The first-order valence-corrected chi connectivity index (χ1v) is 4.89. The van der Waals surface area contributed by atoms with Crippen molar-refractivity contribution in [2.45, 2.75) is 13.0 Å². The highest BCUT2D eigenvalue weighted by Gasteiger charge is 1.88. The second kappa shape index (κ2) is 6.04. The van der Waals surface area contributed by atoms with Crippen LogP contribution in [0.25, 0.3) is 6.08 Å². The predicted molar refractivity (Wildman–Crippen MR) is 62.8 cm³/mol. The zero-order chi connectivity index (χ0) is 11.1. The Labute approximate surface area is 90.5 Å². The molecule has 1 aromatic carbocycles. The summed E-state index contributed by atoms with van der Waals surface area (Å²) >= 11 is 0. The summed E-state index contributed by atoms with van der Waals surface area (Å²) in [5.41, 5.74) is 1.10. The second-order valence-electron chi connectivity index (χ2n) is 3.26. The Hall–Kier alpha value is -1.54. The van der Waals surface area contributed by atoms with Gasteiger partial charge in [-0.1, -0.05) is 36.4 Å². The summed E-state index contributed by atoms with van der Waals surface area (Å²) in [4.78, 5) is 0. The van der Waals surface area contributed by atoms with Crippen molar-refractivity contribution in [2.24, 2.45) is 0 Å². The summed E-state index contributed by atoms with van der Waals surface area (Å²) in [6, 6.07) is 7.78. The van der Waals surface area contributed by atoms with E-state index in [9.17, 15) is 0 Å². The molecular formula is C13H16O2. The molecule has 0 aliphatic heterocycles. The average Bonchev–Trinajstić information content (AvgIpc) is 2.25. The van der Waals surface area contributed by atoms with Crippen molar-refractivity contribution in [1.82, 2.24) is 0 Å². The molecule has 0 bridgehead atoms. The predicted octanol–water partition coefficient (Wildman–Crippen LogP) is 2.65. The molecule has 1 rings (SSSR count). The maximum Gasteiger partial charge on any atom is 0.118 e. The number of hydrogen-bond donors (Lipinski definition) is 1. The van der Waals surface area contributed by atoms with E-state index in [1.54, 1.807) is 20.1 Å². The third kappa shape index (κ3) is 4.47. The smallest absolute Gasteiger partial charge is 0.118 e.